The summed E-state index contributed by atoms with van der Waals surface area (Å²) < 4.78 is 27.4. The molecule has 0 bridgehead atoms. The molecule has 0 radical (unpaired) electrons. The Morgan fingerprint density at radius 2 is 1.86 bits per heavy atom. The fraction of sp³-hybridized carbons (Fsp3) is 0.250. The van der Waals surface area contributed by atoms with E-state index in [0.29, 0.717) is 16.3 Å². The summed E-state index contributed by atoms with van der Waals surface area (Å²) >= 11 is 1.54. The van der Waals surface area contributed by atoms with Crippen LogP contribution in [0.2, 0.25) is 0 Å². The molecule has 0 spiro atoms. The molecule has 0 unspecified atom stereocenters. The number of anilines is 2. The number of hydrogen-bond acceptors (Lipinski definition) is 6. The SMILES string of the molecule is Cc1ccnc(NS(=O)(=O)c2ccc(NC(=O)c3cc4c(s3)CCCC4)cc2)n1. The zero-order chi connectivity index (χ0) is 20.4. The number of nitrogens with zero attached hydrogens (tertiary/aromatic N) is 2. The van der Waals surface area contributed by atoms with Gasteiger partial charge in [-0.3, -0.25) is 4.79 Å². The summed E-state index contributed by atoms with van der Waals surface area (Å²) in [5.74, 6) is -0.157. The van der Waals surface area contributed by atoms with Gasteiger partial charge >= 0.3 is 0 Å². The highest BCUT2D eigenvalue weighted by Crippen LogP contribution is 2.30. The first-order valence-corrected chi connectivity index (χ1v) is 11.6. The van der Waals surface area contributed by atoms with Gasteiger partial charge < -0.3 is 5.32 Å². The van der Waals surface area contributed by atoms with E-state index in [-0.39, 0.29) is 16.8 Å². The third-order valence-corrected chi connectivity index (χ3v) is 7.24. The van der Waals surface area contributed by atoms with Crippen LogP contribution in [-0.2, 0) is 22.9 Å². The second kappa shape index (κ2) is 7.92. The largest absolute Gasteiger partial charge is 0.321 e. The number of nitrogens with one attached hydrogen (secondary N) is 2. The van der Waals surface area contributed by atoms with Crippen molar-refractivity contribution < 1.29 is 13.2 Å². The molecule has 0 atom stereocenters. The number of aromatic nitrogens is 2. The number of rotatable bonds is 5. The minimum atomic E-state index is -3.82. The van der Waals surface area contributed by atoms with Gasteiger partial charge in [-0.1, -0.05) is 0 Å². The molecule has 3 aromatic rings. The summed E-state index contributed by atoms with van der Waals surface area (Å²) in [6.07, 6.45) is 5.90. The van der Waals surface area contributed by atoms with Crippen molar-refractivity contribution >= 4 is 38.9 Å². The molecular formula is C20H20N4O3S2. The zero-order valence-electron chi connectivity index (χ0n) is 15.8. The lowest BCUT2D eigenvalue weighted by Crippen LogP contribution is -2.15. The Hall–Kier alpha value is -2.78. The van der Waals surface area contributed by atoms with Gasteiger partial charge in [0.1, 0.15) is 0 Å². The summed E-state index contributed by atoms with van der Waals surface area (Å²) in [5.41, 5.74) is 2.47. The van der Waals surface area contributed by atoms with Crippen molar-refractivity contribution in [3.8, 4) is 0 Å². The monoisotopic (exact) mass is 428 g/mol. The zero-order valence-corrected chi connectivity index (χ0v) is 17.4. The molecule has 1 aromatic carbocycles. The number of fused-ring (bicyclic) bond motifs is 1. The third kappa shape index (κ3) is 4.46. The number of sulfonamides is 1. The minimum absolute atomic E-state index is 0.0176. The molecule has 0 fully saturated rings. The van der Waals surface area contributed by atoms with E-state index in [0.717, 1.165) is 12.8 Å². The van der Waals surface area contributed by atoms with Crippen LogP contribution in [0, 0.1) is 6.92 Å². The third-order valence-electron chi connectivity index (χ3n) is 4.66. The van der Waals surface area contributed by atoms with Crippen molar-refractivity contribution in [3.63, 3.8) is 0 Å². The molecule has 29 heavy (non-hydrogen) atoms. The van der Waals surface area contributed by atoms with E-state index in [1.165, 1.54) is 41.6 Å². The number of benzene rings is 1. The van der Waals surface area contributed by atoms with Gasteiger partial charge in [-0.15, -0.1) is 11.3 Å². The van der Waals surface area contributed by atoms with Crippen molar-refractivity contribution in [2.45, 2.75) is 37.5 Å². The maximum absolute atomic E-state index is 12.5. The van der Waals surface area contributed by atoms with E-state index in [1.54, 1.807) is 36.5 Å². The summed E-state index contributed by atoms with van der Waals surface area (Å²) in [6, 6.07) is 9.66. The number of amides is 1. The second-order valence-electron chi connectivity index (χ2n) is 6.87. The van der Waals surface area contributed by atoms with Crippen LogP contribution in [0.15, 0.2) is 47.5 Å². The molecular weight excluding hydrogens is 408 g/mol. The van der Waals surface area contributed by atoms with E-state index in [1.807, 2.05) is 6.07 Å². The molecule has 7 nitrogen and oxygen atoms in total. The lowest BCUT2D eigenvalue weighted by Gasteiger charge is -2.08. The molecule has 2 N–H and O–H groups in total. The Morgan fingerprint density at radius 3 is 2.59 bits per heavy atom. The lowest BCUT2D eigenvalue weighted by atomic mass is 9.99. The standard InChI is InChI=1S/C20H20N4O3S2/c1-13-10-11-21-20(22-13)24-29(26,27)16-8-6-15(7-9-16)23-19(25)18-12-14-4-2-3-5-17(14)28-18/h6-12H,2-5H2,1H3,(H,23,25)(H,21,22,24). The van der Waals surface area contributed by atoms with Gasteiger partial charge in [0.05, 0.1) is 9.77 Å². The summed E-state index contributed by atoms with van der Waals surface area (Å²) in [4.78, 5) is 22.5. The topological polar surface area (TPSA) is 101 Å². The molecule has 1 amide bonds. The maximum Gasteiger partial charge on any atom is 0.265 e. The van der Waals surface area contributed by atoms with Crippen molar-refractivity contribution in [2.75, 3.05) is 10.0 Å². The van der Waals surface area contributed by atoms with Crippen molar-refractivity contribution in [3.05, 3.63) is 63.6 Å². The normalized spacial score (nSPS) is 13.6. The lowest BCUT2D eigenvalue weighted by molar-refractivity contribution is 0.103. The van der Waals surface area contributed by atoms with Crippen LogP contribution in [0.1, 0.15) is 38.6 Å². The summed E-state index contributed by atoms with van der Waals surface area (Å²) in [7, 11) is -3.82. The van der Waals surface area contributed by atoms with E-state index in [4.69, 9.17) is 0 Å². The molecule has 4 rings (SSSR count). The first-order valence-electron chi connectivity index (χ1n) is 9.26. The first-order chi connectivity index (χ1) is 13.9. The van der Waals surface area contributed by atoms with Crippen LogP contribution in [0.25, 0.3) is 0 Å². The van der Waals surface area contributed by atoms with Crippen LogP contribution in [-0.4, -0.2) is 24.3 Å². The van der Waals surface area contributed by atoms with Crippen molar-refractivity contribution in [1.29, 1.82) is 0 Å². The Bertz CT molecular complexity index is 1130. The highest BCUT2D eigenvalue weighted by molar-refractivity contribution is 7.92. The molecule has 2 aromatic heterocycles. The van der Waals surface area contributed by atoms with Gasteiger partial charge in [0.25, 0.3) is 15.9 Å². The van der Waals surface area contributed by atoms with Crippen LogP contribution in [0.3, 0.4) is 0 Å². The molecule has 150 valence electrons. The van der Waals surface area contributed by atoms with Crippen LogP contribution in [0.4, 0.5) is 11.6 Å². The fourth-order valence-electron chi connectivity index (χ4n) is 3.19. The van der Waals surface area contributed by atoms with Crippen LogP contribution < -0.4 is 10.0 Å². The minimum Gasteiger partial charge on any atom is -0.321 e. The van der Waals surface area contributed by atoms with Gasteiger partial charge in [0, 0.05) is 22.5 Å². The number of carbonyl (C=O) groups excluding carboxylic acids is 1. The number of thiophene rings is 1. The molecule has 0 saturated heterocycles. The van der Waals surface area contributed by atoms with Gasteiger partial charge in [0.2, 0.25) is 5.95 Å². The fourth-order valence-corrected chi connectivity index (χ4v) is 5.29. The Morgan fingerprint density at radius 1 is 1.10 bits per heavy atom. The van der Waals surface area contributed by atoms with Crippen LogP contribution in [0.5, 0.6) is 0 Å². The van der Waals surface area contributed by atoms with Gasteiger partial charge in [-0.05, 0) is 74.6 Å². The quantitative estimate of drug-likeness (QED) is 0.644. The molecule has 1 aliphatic rings. The number of aryl methyl sites for hydroxylation is 3. The Balaban J connectivity index is 1.46. The van der Waals surface area contributed by atoms with E-state index in [9.17, 15) is 13.2 Å². The maximum atomic E-state index is 12.5. The molecule has 0 saturated carbocycles. The number of carbonyl (C=O) groups is 1. The highest BCUT2D eigenvalue weighted by Gasteiger charge is 2.18. The Labute approximate surface area is 173 Å². The van der Waals surface area contributed by atoms with Gasteiger partial charge in [-0.25, -0.2) is 23.1 Å². The first kappa shape index (κ1) is 19.5. The number of hydrogen-bond donors (Lipinski definition) is 2. The van der Waals surface area contributed by atoms with Gasteiger partial charge in [-0.2, -0.15) is 0 Å². The molecule has 0 aliphatic heterocycles. The van der Waals surface area contributed by atoms with E-state index >= 15 is 0 Å². The van der Waals surface area contributed by atoms with Crippen molar-refractivity contribution in [1.82, 2.24) is 9.97 Å². The molecule has 1 aliphatic carbocycles. The predicted octanol–water partition coefficient (Wildman–Crippen LogP) is 3.78. The predicted molar refractivity (Wildman–Crippen MR) is 113 cm³/mol. The summed E-state index contributed by atoms with van der Waals surface area (Å²) in [6.45, 7) is 1.75. The Kier molecular flexibility index (Phi) is 5.33. The summed E-state index contributed by atoms with van der Waals surface area (Å²) in [5, 5.41) is 2.83. The average molecular weight is 429 g/mol. The molecule has 9 heteroatoms. The van der Waals surface area contributed by atoms with Crippen LogP contribution >= 0.6 is 11.3 Å². The van der Waals surface area contributed by atoms with Crippen molar-refractivity contribution in [2.24, 2.45) is 0 Å². The van der Waals surface area contributed by atoms with E-state index < -0.39 is 10.0 Å². The van der Waals surface area contributed by atoms with Gasteiger partial charge in [0.15, 0.2) is 0 Å². The smallest absolute Gasteiger partial charge is 0.265 e. The van der Waals surface area contributed by atoms with E-state index in [2.05, 4.69) is 20.0 Å². The highest BCUT2D eigenvalue weighted by atomic mass is 32.2. The second-order valence-corrected chi connectivity index (χ2v) is 9.69. The molecule has 2 heterocycles. The average Bonchev–Trinajstić information content (AvgIpc) is 3.12.